The quantitative estimate of drug-likeness (QED) is 0.0782. The Morgan fingerprint density at radius 2 is 1.52 bits per heavy atom. The highest BCUT2D eigenvalue weighted by Crippen LogP contribution is 2.55. The van der Waals surface area contributed by atoms with Crippen molar-refractivity contribution in [3.8, 4) is 0 Å². The van der Waals surface area contributed by atoms with Crippen molar-refractivity contribution in [1.82, 2.24) is 0 Å². The number of allylic oxidation sites excluding steroid dienone is 2. The van der Waals surface area contributed by atoms with Gasteiger partial charge >= 0.3 is 23.9 Å². The van der Waals surface area contributed by atoms with Crippen LogP contribution in [0.25, 0.3) is 0 Å². The van der Waals surface area contributed by atoms with Gasteiger partial charge in [0.1, 0.15) is 6.10 Å². The summed E-state index contributed by atoms with van der Waals surface area (Å²) in [4.78, 5) is 50.7. The monoisotopic (exact) mass is 696 g/mol. The third-order valence-electron chi connectivity index (χ3n) is 9.71. The van der Waals surface area contributed by atoms with Crippen molar-refractivity contribution in [1.29, 1.82) is 0 Å². The van der Waals surface area contributed by atoms with E-state index in [9.17, 15) is 44.7 Å². The van der Waals surface area contributed by atoms with Gasteiger partial charge in [-0.05, 0) is 61.5 Å². The SMILES string of the molecule is CC(/C=C\CCC(=O)OC1C(O)C2(CCCCC(C)Cc3ccccc3)OC(C(=O)O)C(O)(C(=O)O)C1(C(=O)O)O2)CCCc1ccccc1. The Labute approximate surface area is 291 Å². The molecule has 0 spiro atoms. The van der Waals surface area contributed by atoms with Gasteiger partial charge in [0.25, 0.3) is 0 Å². The van der Waals surface area contributed by atoms with Crippen LogP contribution in [0.5, 0.6) is 0 Å². The minimum Gasteiger partial charge on any atom is -0.479 e. The predicted octanol–water partition coefficient (Wildman–Crippen LogP) is 4.54. The number of ether oxygens (including phenoxy) is 3. The summed E-state index contributed by atoms with van der Waals surface area (Å²) in [6.45, 7) is 4.10. The van der Waals surface area contributed by atoms with Gasteiger partial charge in [-0.3, -0.25) is 4.79 Å². The molecule has 2 saturated heterocycles. The number of aliphatic hydroxyl groups is 2. The molecule has 12 nitrogen and oxygen atoms in total. The molecule has 2 heterocycles. The maximum absolute atomic E-state index is 13.1. The normalized spacial score (nSPS) is 28.6. The lowest BCUT2D eigenvalue weighted by atomic mass is 9.74. The summed E-state index contributed by atoms with van der Waals surface area (Å²) < 4.78 is 16.6. The van der Waals surface area contributed by atoms with Gasteiger partial charge in [0.15, 0.2) is 6.10 Å². The average Bonchev–Trinajstić information content (AvgIpc) is 3.29. The number of carbonyl (C=O) groups is 4. The third-order valence-corrected chi connectivity index (χ3v) is 9.71. The number of carboxylic acid groups (broad SMARTS) is 3. The summed E-state index contributed by atoms with van der Waals surface area (Å²) in [7, 11) is 0. The van der Waals surface area contributed by atoms with Crippen LogP contribution in [-0.2, 0) is 46.2 Å². The Morgan fingerprint density at radius 1 is 0.880 bits per heavy atom. The van der Waals surface area contributed by atoms with Crippen LogP contribution in [0, 0.1) is 11.8 Å². The molecule has 12 heteroatoms. The number of benzene rings is 2. The van der Waals surface area contributed by atoms with E-state index in [1.54, 1.807) is 6.08 Å². The lowest BCUT2D eigenvalue weighted by Crippen LogP contribution is -2.78. The molecule has 2 bridgehead atoms. The third kappa shape index (κ3) is 8.26. The standard InChI is InChI=1S/C38H48O12/c1-25(16-13-21-27-17-5-3-6-18-27)14-9-10-22-29(39)48-31-30(40)36(23-12-11-15-26(2)24-28-19-7-4-8-20-28)49-32(33(41)42)37(47,34(43)44)38(31,50-36)35(45)46/h3-9,14,17-20,25-26,30-32,40,47H,10-13,15-16,21-24H2,1-2H3,(H,41,42)(H,43,44)(H,45,46)/b14-9-. The average molecular weight is 697 g/mol. The molecule has 2 aromatic carbocycles. The number of carbonyl (C=O) groups excluding carboxylic acids is 1. The maximum Gasteiger partial charge on any atom is 0.344 e. The fourth-order valence-electron chi connectivity index (χ4n) is 7.03. The molecule has 0 amide bonds. The van der Waals surface area contributed by atoms with Gasteiger partial charge in [-0.1, -0.05) is 99.5 Å². The highest BCUT2D eigenvalue weighted by molar-refractivity contribution is 5.98. The second-order valence-corrected chi connectivity index (χ2v) is 13.6. The van der Waals surface area contributed by atoms with E-state index in [0.29, 0.717) is 12.8 Å². The number of unbranched alkanes of at least 4 members (excludes halogenated alkanes) is 1. The molecule has 2 aliphatic rings. The Kier molecular flexibility index (Phi) is 13.0. The summed E-state index contributed by atoms with van der Waals surface area (Å²) in [6.07, 6.45) is 1.37. The second-order valence-electron chi connectivity index (χ2n) is 13.6. The molecule has 2 aromatic rings. The first kappa shape index (κ1) is 38.7. The van der Waals surface area contributed by atoms with E-state index in [0.717, 1.165) is 31.2 Å². The molecule has 4 rings (SSSR count). The van der Waals surface area contributed by atoms with Gasteiger partial charge in [0, 0.05) is 12.8 Å². The lowest BCUT2D eigenvalue weighted by Gasteiger charge is -2.48. The number of aliphatic hydroxyl groups excluding tert-OH is 1. The van der Waals surface area contributed by atoms with Crippen LogP contribution in [0.3, 0.4) is 0 Å². The van der Waals surface area contributed by atoms with Crippen molar-refractivity contribution in [2.45, 2.75) is 113 Å². The summed E-state index contributed by atoms with van der Waals surface area (Å²) in [5.74, 6) is -9.36. The Morgan fingerprint density at radius 3 is 2.12 bits per heavy atom. The minimum atomic E-state index is -3.78. The Balaban J connectivity index is 1.44. The van der Waals surface area contributed by atoms with Crippen molar-refractivity contribution in [2.75, 3.05) is 0 Å². The van der Waals surface area contributed by atoms with Gasteiger partial charge in [-0.15, -0.1) is 0 Å². The first-order chi connectivity index (χ1) is 23.8. The summed E-state index contributed by atoms with van der Waals surface area (Å²) in [5, 5.41) is 53.3. The molecule has 8 atom stereocenters. The zero-order valence-corrected chi connectivity index (χ0v) is 28.5. The number of aryl methyl sites for hydroxylation is 1. The fraction of sp³-hybridized carbons (Fsp3) is 0.526. The molecule has 0 radical (unpaired) electrons. The van der Waals surface area contributed by atoms with Gasteiger partial charge in [0.05, 0.1) is 0 Å². The van der Waals surface area contributed by atoms with Crippen molar-refractivity contribution >= 4 is 23.9 Å². The number of hydrogen-bond acceptors (Lipinski definition) is 9. The van der Waals surface area contributed by atoms with E-state index < -0.39 is 59.2 Å². The predicted molar refractivity (Wildman–Crippen MR) is 180 cm³/mol. The molecule has 8 unspecified atom stereocenters. The zero-order chi connectivity index (χ0) is 36.5. The first-order valence-electron chi connectivity index (χ1n) is 17.2. The van der Waals surface area contributed by atoms with Gasteiger partial charge < -0.3 is 39.7 Å². The minimum absolute atomic E-state index is 0.190. The molecule has 272 valence electrons. The molecule has 2 fully saturated rings. The number of carboxylic acids is 3. The molecule has 0 aliphatic carbocycles. The van der Waals surface area contributed by atoms with Crippen LogP contribution in [0.15, 0.2) is 72.8 Å². The van der Waals surface area contributed by atoms with Crippen LogP contribution in [-0.4, -0.2) is 84.7 Å². The van der Waals surface area contributed by atoms with E-state index in [1.807, 2.05) is 61.5 Å². The number of aliphatic carboxylic acids is 3. The maximum atomic E-state index is 13.1. The van der Waals surface area contributed by atoms with E-state index in [1.165, 1.54) is 5.56 Å². The molecule has 50 heavy (non-hydrogen) atoms. The largest absolute Gasteiger partial charge is 0.479 e. The Hall–Kier alpha value is -4.10. The second kappa shape index (κ2) is 16.7. The molecule has 2 aliphatic heterocycles. The summed E-state index contributed by atoms with van der Waals surface area (Å²) >= 11 is 0. The smallest absolute Gasteiger partial charge is 0.344 e. The topological polar surface area (TPSA) is 197 Å². The van der Waals surface area contributed by atoms with E-state index in [2.05, 4.69) is 19.1 Å². The number of fused-ring (bicyclic) bond motifs is 2. The van der Waals surface area contributed by atoms with Crippen molar-refractivity contribution < 1.29 is 58.9 Å². The van der Waals surface area contributed by atoms with E-state index >= 15 is 0 Å². The number of esters is 1. The number of rotatable bonds is 19. The molecular weight excluding hydrogens is 648 g/mol. The fourth-order valence-corrected chi connectivity index (χ4v) is 7.03. The van der Waals surface area contributed by atoms with Crippen LogP contribution >= 0.6 is 0 Å². The van der Waals surface area contributed by atoms with Crippen LogP contribution < -0.4 is 0 Å². The number of hydrogen-bond donors (Lipinski definition) is 5. The highest BCUT2D eigenvalue weighted by atomic mass is 16.8. The van der Waals surface area contributed by atoms with E-state index in [4.69, 9.17) is 14.2 Å². The van der Waals surface area contributed by atoms with E-state index in [-0.39, 0.29) is 37.5 Å². The van der Waals surface area contributed by atoms with Crippen LogP contribution in [0.1, 0.15) is 76.3 Å². The molecule has 5 N–H and O–H groups in total. The summed E-state index contributed by atoms with van der Waals surface area (Å²) in [6, 6.07) is 20.0. The lowest BCUT2D eigenvalue weighted by molar-refractivity contribution is -0.374. The van der Waals surface area contributed by atoms with Gasteiger partial charge in [-0.25, -0.2) is 14.4 Å². The van der Waals surface area contributed by atoms with Crippen molar-refractivity contribution in [2.24, 2.45) is 11.8 Å². The highest BCUT2D eigenvalue weighted by Gasteiger charge is 2.85. The Bertz CT molecular complexity index is 1500. The van der Waals surface area contributed by atoms with Gasteiger partial charge in [0.2, 0.25) is 23.1 Å². The molecule has 0 saturated carbocycles. The van der Waals surface area contributed by atoms with Gasteiger partial charge in [-0.2, -0.15) is 0 Å². The zero-order valence-electron chi connectivity index (χ0n) is 28.5. The van der Waals surface area contributed by atoms with Crippen molar-refractivity contribution in [3.05, 3.63) is 83.9 Å². The van der Waals surface area contributed by atoms with Crippen LogP contribution in [0.4, 0.5) is 0 Å². The summed E-state index contributed by atoms with van der Waals surface area (Å²) in [5.41, 5.74) is -4.78. The van der Waals surface area contributed by atoms with Crippen molar-refractivity contribution in [3.63, 3.8) is 0 Å². The molecular formula is C38H48O12. The molecule has 0 aromatic heterocycles. The van der Waals surface area contributed by atoms with Crippen LogP contribution in [0.2, 0.25) is 0 Å². The first-order valence-corrected chi connectivity index (χ1v) is 17.2.